The van der Waals surface area contributed by atoms with Crippen molar-refractivity contribution in [2.45, 2.75) is 50.8 Å². The van der Waals surface area contributed by atoms with Crippen LogP contribution in [0.2, 0.25) is 0 Å². The van der Waals surface area contributed by atoms with Crippen LogP contribution in [0.3, 0.4) is 0 Å². The zero-order chi connectivity index (χ0) is 30.1. The van der Waals surface area contributed by atoms with Crippen LogP contribution in [0.4, 0.5) is 10.1 Å². The largest absolute Gasteiger partial charge is 0.508 e. The van der Waals surface area contributed by atoms with Crippen LogP contribution >= 0.6 is 0 Å². The SMILES string of the molecule is CN(C)[C@@H]1C(=O)C(C(N)=O)=C(O)[C@@]2(O)C(=O)C3=C(O)c4c(O)cc(F)c(NC(=O)CNC(C)(C)C)c4C[C@H]3C[C@@H]12. The van der Waals surface area contributed by atoms with E-state index >= 15 is 4.39 Å². The Morgan fingerprint density at radius 1 is 1.20 bits per heavy atom. The van der Waals surface area contributed by atoms with Gasteiger partial charge in [0, 0.05) is 23.1 Å². The van der Waals surface area contributed by atoms with Gasteiger partial charge in [0.25, 0.3) is 5.91 Å². The number of carbonyl (C=O) groups excluding carboxylic acids is 4. The van der Waals surface area contributed by atoms with Crippen molar-refractivity contribution in [1.82, 2.24) is 10.2 Å². The number of amides is 2. The Bertz CT molecular complexity index is 1410. The molecule has 2 amide bonds. The number of nitrogens with one attached hydrogen (secondary N) is 2. The van der Waals surface area contributed by atoms with Crippen LogP contribution in [0.1, 0.15) is 38.3 Å². The minimum Gasteiger partial charge on any atom is -0.508 e. The third-order valence-corrected chi connectivity index (χ3v) is 7.72. The molecule has 1 fully saturated rings. The number of hydrogen-bond acceptors (Lipinski definition) is 10. The first-order valence-corrected chi connectivity index (χ1v) is 12.7. The Morgan fingerprint density at radius 2 is 1.82 bits per heavy atom. The molecule has 13 heteroatoms. The van der Waals surface area contributed by atoms with Crippen molar-refractivity contribution >= 4 is 34.8 Å². The predicted octanol–water partition coefficient (Wildman–Crippen LogP) is 0.430. The second-order valence-electron chi connectivity index (χ2n) is 11.7. The number of benzene rings is 1. The quantitative estimate of drug-likeness (QED) is 0.195. The number of halogens is 1. The minimum atomic E-state index is -2.78. The van der Waals surface area contributed by atoms with E-state index in [1.54, 1.807) is 0 Å². The van der Waals surface area contributed by atoms with Crippen molar-refractivity contribution in [2.75, 3.05) is 26.0 Å². The molecule has 0 aliphatic heterocycles. The van der Waals surface area contributed by atoms with E-state index in [1.165, 1.54) is 19.0 Å². The first-order valence-electron chi connectivity index (χ1n) is 12.7. The summed E-state index contributed by atoms with van der Waals surface area (Å²) in [6, 6.07) is -0.571. The molecule has 0 unspecified atom stereocenters. The van der Waals surface area contributed by atoms with Gasteiger partial charge in [-0.2, -0.15) is 0 Å². The van der Waals surface area contributed by atoms with Gasteiger partial charge >= 0.3 is 0 Å². The van der Waals surface area contributed by atoms with E-state index in [1.807, 2.05) is 20.8 Å². The number of phenolic OH excluding ortho intramolecular Hbond substituents is 1. The van der Waals surface area contributed by atoms with Gasteiger partial charge in [-0.1, -0.05) is 0 Å². The molecule has 0 heterocycles. The highest BCUT2D eigenvalue weighted by molar-refractivity contribution is 6.24. The van der Waals surface area contributed by atoms with E-state index in [-0.39, 0.29) is 41.8 Å². The zero-order valence-corrected chi connectivity index (χ0v) is 22.8. The number of aromatic hydroxyl groups is 1. The number of carbonyl (C=O) groups is 4. The number of ketones is 2. The minimum absolute atomic E-state index is 0.0206. The zero-order valence-electron chi connectivity index (χ0n) is 22.8. The van der Waals surface area contributed by atoms with Gasteiger partial charge < -0.3 is 36.8 Å². The van der Waals surface area contributed by atoms with Crippen molar-refractivity contribution in [3.63, 3.8) is 0 Å². The Morgan fingerprint density at radius 3 is 2.38 bits per heavy atom. The molecular formula is C27H33FN4O8. The molecule has 0 aromatic heterocycles. The average Bonchev–Trinajstić information content (AvgIpc) is 2.81. The van der Waals surface area contributed by atoms with Gasteiger partial charge in [0.15, 0.2) is 17.2 Å². The maximum Gasteiger partial charge on any atom is 0.255 e. The lowest BCUT2D eigenvalue weighted by atomic mass is 9.57. The van der Waals surface area contributed by atoms with E-state index in [4.69, 9.17) is 5.73 Å². The van der Waals surface area contributed by atoms with E-state index in [0.29, 0.717) is 6.07 Å². The normalized spacial score (nSPS) is 26.4. The fourth-order valence-electron chi connectivity index (χ4n) is 5.95. The van der Waals surface area contributed by atoms with Crippen molar-refractivity contribution in [2.24, 2.45) is 17.6 Å². The number of nitrogens with two attached hydrogens (primary N) is 1. The molecule has 1 saturated carbocycles. The number of phenols is 1. The molecule has 1 aromatic rings. The summed E-state index contributed by atoms with van der Waals surface area (Å²) >= 11 is 0. The maximum absolute atomic E-state index is 15.1. The number of likely N-dealkylation sites (N-methyl/N-ethyl adjacent to an activating group) is 1. The molecule has 4 atom stereocenters. The molecule has 0 bridgehead atoms. The number of anilines is 1. The molecule has 12 nitrogen and oxygen atoms in total. The summed E-state index contributed by atoms with van der Waals surface area (Å²) in [5, 5.41) is 49.7. The summed E-state index contributed by atoms with van der Waals surface area (Å²) in [7, 11) is 2.97. The van der Waals surface area contributed by atoms with E-state index in [2.05, 4.69) is 10.6 Å². The summed E-state index contributed by atoms with van der Waals surface area (Å²) in [6.45, 7) is 5.35. The number of hydrogen-bond donors (Lipinski definition) is 7. The fourth-order valence-corrected chi connectivity index (χ4v) is 5.95. The molecule has 216 valence electrons. The summed E-state index contributed by atoms with van der Waals surface area (Å²) in [6.07, 6.45) is -0.329. The molecular weight excluding hydrogens is 527 g/mol. The Labute approximate surface area is 229 Å². The van der Waals surface area contributed by atoms with Crippen LogP contribution in [0.25, 0.3) is 5.76 Å². The number of primary amides is 1. The first-order chi connectivity index (χ1) is 18.4. The molecule has 40 heavy (non-hydrogen) atoms. The number of nitrogens with zero attached hydrogens (tertiary/aromatic N) is 1. The highest BCUT2D eigenvalue weighted by atomic mass is 19.1. The molecule has 0 spiro atoms. The van der Waals surface area contributed by atoms with Gasteiger partial charge in [0.2, 0.25) is 11.7 Å². The summed E-state index contributed by atoms with van der Waals surface area (Å²) in [5.41, 5.74) is 0.228. The number of rotatable bonds is 5. The second-order valence-corrected chi connectivity index (χ2v) is 11.7. The van der Waals surface area contributed by atoms with Gasteiger partial charge in [-0.25, -0.2) is 4.39 Å². The topological polar surface area (TPSA) is 203 Å². The van der Waals surface area contributed by atoms with Crippen LogP contribution < -0.4 is 16.4 Å². The van der Waals surface area contributed by atoms with Crippen molar-refractivity contribution in [3.8, 4) is 5.75 Å². The molecule has 8 N–H and O–H groups in total. The molecule has 0 radical (unpaired) electrons. The standard InChI is InChI=1S/C27H33FN4O8/c1-26(2,3)30-9-15(34)31-19-11-6-10-7-12-20(32(4)5)22(36)18(25(29)39)24(38)27(12,40)23(37)16(10)21(35)17(11)14(33)8-13(19)28/h8,10,12,20,30,33,35,38,40H,6-7,9H2,1-5H3,(H2,29,39)(H,31,34)/t10-,12-,20-,27-/m0/s1. The fraction of sp³-hybridized carbons (Fsp3) is 0.481. The number of Topliss-reactive ketones (excluding diaryl/α,β-unsaturated/α-hetero) is 2. The smallest absolute Gasteiger partial charge is 0.255 e. The second kappa shape index (κ2) is 9.68. The number of aliphatic hydroxyl groups is 3. The number of aliphatic hydroxyl groups excluding tert-OH is 2. The Hall–Kier alpha value is -3.81. The molecule has 4 rings (SSSR count). The van der Waals surface area contributed by atoms with Gasteiger partial charge in [-0.05, 0) is 59.2 Å². The van der Waals surface area contributed by atoms with Gasteiger partial charge in [0.05, 0.1) is 23.8 Å². The van der Waals surface area contributed by atoms with E-state index < -0.39 is 81.1 Å². The van der Waals surface area contributed by atoms with Crippen LogP contribution in [0, 0.1) is 17.7 Å². The third kappa shape index (κ3) is 4.43. The lowest BCUT2D eigenvalue weighted by molar-refractivity contribution is -0.153. The number of fused-ring (bicyclic) bond motifs is 3. The molecule has 3 aliphatic rings. The monoisotopic (exact) mass is 560 g/mol. The van der Waals surface area contributed by atoms with E-state index in [9.17, 15) is 39.6 Å². The third-order valence-electron chi connectivity index (χ3n) is 7.72. The maximum atomic E-state index is 15.1. The van der Waals surface area contributed by atoms with Gasteiger partial charge in [0.1, 0.15) is 22.8 Å². The molecule has 0 saturated heterocycles. The van der Waals surface area contributed by atoms with Crippen LogP contribution in [0.15, 0.2) is 23.0 Å². The summed E-state index contributed by atoms with van der Waals surface area (Å²) < 4.78 is 15.1. The highest BCUT2D eigenvalue weighted by Gasteiger charge is 2.64. The van der Waals surface area contributed by atoms with Gasteiger partial charge in [-0.3, -0.25) is 24.1 Å². The first kappa shape index (κ1) is 29.2. The molecule has 3 aliphatic carbocycles. The lowest BCUT2D eigenvalue weighted by Gasteiger charge is -2.50. The van der Waals surface area contributed by atoms with Crippen LogP contribution in [-0.2, 0) is 25.6 Å². The molecule has 1 aromatic carbocycles. The van der Waals surface area contributed by atoms with Gasteiger partial charge in [-0.15, -0.1) is 0 Å². The van der Waals surface area contributed by atoms with Crippen molar-refractivity contribution in [3.05, 3.63) is 39.9 Å². The van der Waals surface area contributed by atoms with Crippen molar-refractivity contribution < 1.29 is 44.0 Å². The van der Waals surface area contributed by atoms with E-state index in [0.717, 1.165) is 0 Å². The van der Waals surface area contributed by atoms with Crippen LogP contribution in [0.5, 0.6) is 5.75 Å². The predicted molar refractivity (Wildman–Crippen MR) is 141 cm³/mol. The Balaban J connectivity index is 1.87. The lowest BCUT2D eigenvalue weighted by Crippen LogP contribution is -2.65. The summed E-state index contributed by atoms with van der Waals surface area (Å²) in [5.74, 6) is -9.85. The van der Waals surface area contributed by atoms with Crippen LogP contribution in [-0.4, -0.2) is 86.5 Å². The highest BCUT2D eigenvalue weighted by Crippen LogP contribution is 2.53. The Kier molecular flexibility index (Phi) is 7.06. The summed E-state index contributed by atoms with van der Waals surface area (Å²) in [4.78, 5) is 53.1. The van der Waals surface area contributed by atoms with Crippen molar-refractivity contribution in [1.29, 1.82) is 0 Å². The average molecular weight is 561 g/mol.